The van der Waals surface area contributed by atoms with Crippen molar-refractivity contribution in [2.75, 3.05) is 31.5 Å². The van der Waals surface area contributed by atoms with E-state index in [9.17, 15) is 14.9 Å². The number of nitriles is 1. The van der Waals surface area contributed by atoms with E-state index in [0.29, 0.717) is 25.5 Å². The van der Waals surface area contributed by atoms with Crippen LogP contribution in [0.3, 0.4) is 0 Å². The summed E-state index contributed by atoms with van der Waals surface area (Å²) in [7, 11) is 0. The van der Waals surface area contributed by atoms with Gasteiger partial charge in [0.2, 0.25) is 5.91 Å². The zero-order valence-electron chi connectivity index (χ0n) is 12.6. The monoisotopic (exact) mass is 318 g/mol. The van der Waals surface area contributed by atoms with E-state index in [2.05, 4.69) is 21.7 Å². The predicted molar refractivity (Wildman–Crippen MR) is 82.6 cm³/mol. The summed E-state index contributed by atoms with van der Waals surface area (Å²) in [5.41, 5.74) is -0.0584. The molecule has 0 spiro atoms. The topological polar surface area (TPSA) is 124 Å². The average Bonchev–Trinajstić information content (AvgIpc) is 3.03. The largest absolute Gasteiger partial charge is 0.369 e. The summed E-state index contributed by atoms with van der Waals surface area (Å²) in [5, 5.41) is 25.5. The molecule has 1 saturated heterocycles. The Morgan fingerprint density at radius 1 is 1.52 bits per heavy atom. The first-order valence-corrected chi connectivity index (χ1v) is 7.36. The van der Waals surface area contributed by atoms with Crippen molar-refractivity contribution in [2.45, 2.75) is 18.9 Å². The van der Waals surface area contributed by atoms with Crippen LogP contribution < -0.4 is 10.6 Å². The van der Waals surface area contributed by atoms with Gasteiger partial charge in [-0.05, 0) is 18.9 Å². The Hall–Kier alpha value is -2.73. The molecule has 2 heterocycles. The Morgan fingerprint density at radius 2 is 2.35 bits per heavy atom. The first-order chi connectivity index (χ1) is 11.1. The molecule has 9 nitrogen and oxygen atoms in total. The minimum absolute atomic E-state index is 0.0584. The first kappa shape index (κ1) is 16.6. The number of anilines is 1. The minimum atomic E-state index is -0.503. The molecule has 1 aromatic heterocycles. The van der Waals surface area contributed by atoms with Crippen molar-refractivity contribution in [3.05, 3.63) is 28.4 Å². The quantitative estimate of drug-likeness (QED) is 0.426. The SMILES string of the molecule is N#C[C@@H]1CCCN1C(=O)CNCCNc1ccc([N+](=O)[O-])cn1. The number of pyridine rings is 1. The van der Waals surface area contributed by atoms with Crippen LogP contribution in [-0.4, -0.2) is 52.9 Å². The summed E-state index contributed by atoms with van der Waals surface area (Å²) < 4.78 is 0. The van der Waals surface area contributed by atoms with Crippen molar-refractivity contribution in [3.8, 4) is 6.07 Å². The minimum Gasteiger partial charge on any atom is -0.369 e. The summed E-state index contributed by atoms with van der Waals surface area (Å²) >= 11 is 0. The van der Waals surface area contributed by atoms with Gasteiger partial charge in [0.05, 0.1) is 17.5 Å². The third-order valence-electron chi connectivity index (χ3n) is 3.56. The first-order valence-electron chi connectivity index (χ1n) is 7.36. The Labute approximate surface area is 133 Å². The van der Waals surface area contributed by atoms with Crippen LogP contribution in [0.25, 0.3) is 0 Å². The van der Waals surface area contributed by atoms with E-state index < -0.39 is 4.92 Å². The molecule has 0 aromatic carbocycles. The molecule has 0 radical (unpaired) electrons. The number of rotatable bonds is 7. The summed E-state index contributed by atoms with van der Waals surface area (Å²) in [5.74, 6) is 0.468. The molecule has 2 rings (SSSR count). The van der Waals surface area contributed by atoms with Gasteiger partial charge in [-0.1, -0.05) is 0 Å². The van der Waals surface area contributed by atoms with Crippen LogP contribution in [0, 0.1) is 21.4 Å². The fraction of sp³-hybridized carbons (Fsp3) is 0.500. The molecule has 9 heteroatoms. The molecule has 1 aliphatic rings. The number of hydrogen-bond acceptors (Lipinski definition) is 7. The number of carbonyl (C=O) groups is 1. The smallest absolute Gasteiger partial charge is 0.287 e. The van der Waals surface area contributed by atoms with Gasteiger partial charge in [0, 0.05) is 25.7 Å². The average molecular weight is 318 g/mol. The molecule has 1 amide bonds. The van der Waals surface area contributed by atoms with E-state index in [4.69, 9.17) is 5.26 Å². The van der Waals surface area contributed by atoms with Gasteiger partial charge in [-0.25, -0.2) is 4.98 Å². The van der Waals surface area contributed by atoms with Crippen LogP contribution >= 0.6 is 0 Å². The van der Waals surface area contributed by atoms with Gasteiger partial charge < -0.3 is 15.5 Å². The lowest BCUT2D eigenvalue weighted by Gasteiger charge is -2.19. The van der Waals surface area contributed by atoms with Crippen LogP contribution in [0.15, 0.2) is 18.3 Å². The van der Waals surface area contributed by atoms with Crippen LogP contribution in [-0.2, 0) is 4.79 Å². The van der Waals surface area contributed by atoms with E-state index in [1.165, 1.54) is 18.3 Å². The van der Waals surface area contributed by atoms with E-state index in [-0.39, 0.29) is 24.2 Å². The molecular weight excluding hydrogens is 300 g/mol. The molecular formula is C14H18N6O3. The Kier molecular flexibility index (Phi) is 5.82. The van der Waals surface area contributed by atoms with Crippen LogP contribution in [0.1, 0.15) is 12.8 Å². The lowest BCUT2D eigenvalue weighted by molar-refractivity contribution is -0.385. The fourth-order valence-corrected chi connectivity index (χ4v) is 2.37. The standard InChI is InChI=1S/C14H18N6O3/c15-8-11-2-1-7-19(11)14(21)10-16-5-6-17-13-4-3-12(9-18-13)20(22)23/h3-4,9,11,16H,1-2,5-7,10H2,(H,17,18)/t11-/m0/s1. The highest BCUT2D eigenvalue weighted by molar-refractivity contribution is 5.79. The Morgan fingerprint density at radius 3 is 3.00 bits per heavy atom. The normalized spacial score (nSPS) is 16.8. The number of nitro groups is 1. The number of hydrogen-bond donors (Lipinski definition) is 2. The molecule has 1 atom stereocenters. The molecule has 1 aromatic rings. The van der Waals surface area contributed by atoms with Crippen molar-refractivity contribution in [3.63, 3.8) is 0 Å². The van der Waals surface area contributed by atoms with E-state index in [1.807, 2.05) is 0 Å². The maximum atomic E-state index is 12.0. The number of nitrogens with zero attached hydrogens (tertiary/aromatic N) is 4. The van der Waals surface area contributed by atoms with E-state index in [1.54, 1.807) is 4.90 Å². The van der Waals surface area contributed by atoms with Crippen molar-refractivity contribution in [2.24, 2.45) is 0 Å². The molecule has 1 fully saturated rings. The third-order valence-corrected chi connectivity index (χ3v) is 3.56. The Bertz CT molecular complexity index is 598. The molecule has 1 aliphatic heterocycles. The maximum absolute atomic E-state index is 12.0. The summed E-state index contributed by atoms with van der Waals surface area (Å²) in [6.07, 6.45) is 2.81. The number of aromatic nitrogens is 1. The molecule has 0 aliphatic carbocycles. The lowest BCUT2D eigenvalue weighted by Crippen LogP contribution is -2.41. The van der Waals surface area contributed by atoms with Crippen molar-refractivity contribution >= 4 is 17.4 Å². The maximum Gasteiger partial charge on any atom is 0.287 e. The van der Waals surface area contributed by atoms with Gasteiger partial charge in [0.25, 0.3) is 5.69 Å². The highest BCUT2D eigenvalue weighted by Gasteiger charge is 2.27. The molecule has 0 bridgehead atoms. The van der Waals surface area contributed by atoms with Gasteiger partial charge in [0.15, 0.2) is 0 Å². The van der Waals surface area contributed by atoms with Gasteiger partial charge in [-0.2, -0.15) is 5.26 Å². The van der Waals surface area contributed by atoms with Crippen LogP contribution in [0.5, 0.6) is 0 Å². The van der Waals surface area contributed by atoms with Crippen molar-refractivity contribution in [1.82, 2.24) is 15.2 Å². The van der Waals surface area contributed by atoms with Gasteiger partial charge in [-0.15, -0.1) is 0 Å². The predicted octanol–water partition coefficient (Wildman–Crippen LogP) is 0.506. The third kappa shape index (κ3) is 4.62. The molecule has 122 valence electrons. The molecule has 0 unspecified atom stereocenters. The number of likely N-dealkylation sites (tertiary alicyclic amines) is 1. The second-order valence-corrected chi connectivity index (χ2v) is 5.14. The van der Waals surface area contributed by atoms with E-state index >= 15 is 0 Å². The van der Waals surface area contributed by atoms with E-state index in [0.717, 1.165) is 12.8 Å². The van der Waals surface area contributed by atoms with Gasteiger partial charge in [-0.3, -0.25) is 14.9 Å². The van der Waals surface area contributed by atoms with Crippen LogP contribution in [0.4, 0.5) is 11.5 Å². The van der Waals surface area contributed by atoms with Gasteiger partial charge >= 0.3 is 0 Å². The number of amides is 1. The summed E-state index contributed by atoms with van der Waals surface area (Å²) in [6.45, 7) is 1.90. The fourth-order valence-electron chi connectivity index (χ4n) is 2.37. The van der Waals surface area contributed by atoms with Gasteiger partial charge in [0.1, 0.15) is 18.1 Å². The number of carbonyl (C=O) groups excluding carboxylic acids is 1. The lowest BCUT2D eigenvalue weighted by atomic mass is 10.2. The second kappa shape index (κ2) is 8.05. The van der Waals surface area contributed by atoms with Crippen molar-refractivity contribution in [1.29, 1.82) is 5.26 Å². The zero-order valence-corrected chi connectivity index (χ0v) is 12.6. The molecule has 2 N–H and O–H groups in total. The van der Waals surface area contributed by atoms with Crippen LogP contribution in [0.2, 0.25) is 0 Å². The summed E-state index contributed by atoms with van der Waals surface area (Å²) in [4.78, 5) is 27.5. The highest BCUT2D eigenvalue weighted by Crippen LogP contribution is 2.16. The zero-order chi connectivity index (χ0) is 16.7. The molecule has 23 heavy (non-hydrogen) atoms. The molecule has 0 saturated carbocycles. The summed E-state index contributed by atoms with van der Waals surface area (Å²) in [6, 6.07) is 4.75. The van der Waals surface area contributed by atoms with Crippen molar-refractivity contribution < 1.29 is 9.72 Å². The highest BCUT2D eigenvalue weighted by atomic mass is 16.6. The number of nitrogens with one attached hydrogen (secondary N) is 2. The second-order valence-electron chi connectivity index (χ2n) is 5.14. The Balaban J connectivity index is 1.65.